The molecule has 1 fully saturated rings. The summed E-state index contributed by atoms with van der Waals surface area (Å²) >= 11 is 1.95. The number of thioether (sulfide) groups is 1. The molecule has 0 aromatic heterocycles. The van der Waals surface area contributed by atoms with Gasteiger partial charge in [0.1, 0.15) is 0 Å². The van der Waals surface area contributed by atoms with E-state index in [2.05, 4.69) is 16.9 Å². The van der Waals surface area contributed by atoms with Gasteiger partial charge >= 0.3 is 0 Å². The third-order valence-electron chi connectivity index (χ3n) is 3.50. The van der Waals surface area contributed by atoms with E-state index in [9.17, 15) is 8.42 Å². The van der Waals surface area contributed by atoms with Crippen molar-refractivity contribution in [3.05, 3.63) is 29.8 Å². The van der Waals surface area contributed by atoms with Gasteiger partial charge in [-0.25, -0.2) is 13.1 Å². The second-order valence-electron chi connectivity index (χ2n) is 5.31. The zero-order valence-electron chi connectivity index (χ0n) is 12.0. The van der Waals surface area contributed by atoms with Crippen LogP contribution in [0.3, 0.4) is 0 Å². The normalized spacial score (nSPS) is 16.6. The van der Waals surface area contributed by atoms with Crippen LogP contribution in [-0.4, -0.2) is 19.4 Å². The van der Waals surface area contributed by atoms with Crippen molar-refractivity contribution >= 4 is 21.8 Å². The Balaban J connectivity index is 1.85. The Labute approximate surface area is 126 Å². The van der Waals surface area contributed by atoms with Crippen molar-refractivity contribution in [3.63, 3.8) is 0 Å². The largest absolute Gasteiger partial charge is 0.212 e. The van der Waals surface area contributed by atoms with Gasteiger partial charge in [-0.3, -0.25) is 0 Å². The van der Waals surface area contributed by atoms with Crippen molar-refractivity contribution in [1.82, 2.24) is 4.72 Å². The quantitative estimate of drug-likeness (QED) is 0.837. The molecule has 5 heteroatoms. The number of benzene rings is 1. The van der Waals surface area contributed by atoms with Crippen molar-refractivity contribution in [3.8, 4) is 0 Å². The molecule has 2 rings (SSSR count). The summed E-state index contributed by atoms with van der Waals surface area (Å²) in [5.41, 5.74) is 1.01. The number of rotatable bonds is 7. The zero-order chi connectivity index (χ0) is 14.4. The first kappa shape index (κ1) is 15.9. The summed E-state index contributed by atoms with van der Waals surface area (Å²) in [5.74, 6) is 0.197. The molecular weight excluding hydrogens is 290 g/mol. The first-order valence-corrected chi connectivity index (χ1v) is 9.85. The number of hydrogen-bond donors (Lipinski definition) is 1. The molecule has 1 aliphatic rings. The van der Waals surface area contributed by atoms with Crippen molar-refractivity contribution in [2.75, 3.05) is 5.75 Å². The Kier molecular flexibility index (Phi) is 5.93. The summed E-state index contributed by atoms with van der Waals surface area (Å²) in [5, 5.41) is 0.768. The van der Waals surface area contributed by atoms with Crippen molar-refractivity contribution in [2.24, 2.45) is 0 Å². The lowest BCUT2D eigenvalue weighted by Crippen LogP contribution is -2.25. The molecule has 1 aromatic rings. The van der Waals surface area contributed by atoms with E-state index in [1.54, 1.807) is 0 Å². The summed E-state index contributed by atoms with van der Waals surface area (Å²) in [6, 6.07) is 8.25. The molecule has 0 unspecified atom stereocenters. The van der Waals surface area contributed by atoms with Crippen LogP contribution < -0.4 is 4.72 Å². The molecule has 0 saturated heterocycles. The molecule has 0 spiro atoms. The molecule has 1 aliphatic carbocycles. The highest BCUT2D eigenvalue weighted by Gasteiger charge is 2.15. The van der Waals surface area contributed by atoms with Gasteiger partial charge in [-0.05, 0) is 37.0 Å². The fraction of sp³-hybridized carbons (Fsp3) is 0.600. The van der Waals surface area contributed by atoms with Gasteiger partial charge in [0.2, 0.25) is 10.0 Å². The second kappa shape index (κ2) is 7.48. The monoisotopic (exact) mass is 313 g/mol. The predicted octanol–water partition coefficient (Wildman–Crippen LogP) is 3.55. The van der Waals surface area contributed by atoms with Gasteiger partial charge in [-0.15, -0.1) is 11.8 Å². The average molecular weight is 313 g/mol. The van der Waals surface area contributed by atoms with E-state index in [-0.39, 0.29) is 5.75 Å². The maximum atomic E-state index is 11.6. The maximum absolute atomic E-state index is 11.6. The molecule has 0 bridgehead atoms. The highest BCUT2D eigenvalue weighted by Crippen LogP contribution is 2.34. The minimum atomic E-state index is -3.11. The average Bonchev–Trinajstić information content (AvgIpc) is 2.91. The molecule has 3 nitrogen and oxygen atoms in total. The molecule has 1 N–H and O–H groups in total. The number of nitrogens with one attached hydrogen (secondary N) is 1. The minimum Gasteiger partial charge on any atom is -0.212 e. The Hall–Kier alpha value is -0.520. The van der Waals surface area contributed by atoms with Crippen LogP contribution in [0, 0.1) is 0 Å². The summed E-state index contributed by atoms with van der Waals surface area (Å²) < 4.78 is 25.8. The fourth-order valence-electron chi connectivity index (χ4n) is 2.42. The van der Waals surface area contributed by atoms with Crippen molar-refractivity contribution < 1.29 is 8.42 Å². The van der Waals surface area contributed by atoms with Gasteiger partial charge < -0.3 is 0 Å². The Morgan fingerprint density at radius 3 is 2.45 bits per heavy atom. The van der Waals surface area contributed by atoms with Gasteiger partial charge in [0.25, 0.3) is 0 Å². The van der Waals surface area contributed by atoms with Crippen LogP contribution in [0.15, 0.2) is 29.2 Å². The smallest absolute Gasteiger partial charge is 0.211 e. The van der Waals surface area contributed by atoms with E-state index in [0.29, 0.717) is 13.0 Å². The lowest BCUT2D eigenvalue weighted by molar-refractivity contribution is 0.580. The highest BCUT2D eigenvalue weighted by molar-refractivity contribution is 8.00. The lowest BCUT2D eigenvalue weighted by Gasteiger charge is -2.10. The molecule has 1 aromatic carbocycles. The zero-order valence-corrected chi connectivity index (χ0v) is 13.6. The molecular formula is C15H23NO2S2. The third-order valence-corrected chi connectivity index (χ3v) is 6.38. The summed E-state index contributed by atoms with van der Waals surface area (Å²) in [6.45, 7) is 2.25. The molecule has 0 amide bonds. The summed E-state index contributed by atoms with van der Waals surface area (Å²) in [6.07, 6.45) is 6.00. The SMILES string of the molecule is CCCS(=O)(=O)NCc1ccc(SC2CCCC2)cc1. The first-order chi connectivity index (χ1) is 9.59. The van der Waals surface area contributed by atoms with Crippen LogP contribution in [0.25, 0.3) is 0 Å². The fourth-order valence-corrected chi connectivity index (χ4v) is 4.73. The van der Waals surface area contributed by atoms with E-state index >= 15 is 0 Å². The molecule has 0 atom stereocenters. The van der Waals surface area contributed by atoms with E-state index in [1.165, 1.54) is 30.6 Å². The minimum absolute atomic E-state index is 0.197. The van der Waals surface area contributed by atoms with Crippen LogP contribution in [0.2, 0.25) is 0 Å². The van der Waals surface area contributed by atoms with E-state index in [0.717, 1.165) is 10.8 Å². The van der Waals surface area contributed by atoms with E-state index < -0.39 is 10.0 Å². The molecule has 112 valence electrons. The Bertz CT molecular complexity index is 505. The first-order valence-electron chi connectivity index (χ1n) is 7.32. The van der Waals surface area contributed by atoms with Gasteiger partial charge in [-0.2, -0.15) is 0 Å². The standard InChI is InChI=1S/C15H23NO2S2/c1-2-11-20(17,18)16-12-13-7-9-15(10-8-13)19-14-5-3-4-6-14/h7-10,14,16H,2-6,11-12H2,1H3. The predicted molar refractivity (Wildman–Crippen MR) is 85.5 cm³/mol. The van der Waals surface area contributed by atoms with Gasteiger partial charge in [0.05, 0.1) is 5.75 Å². The van der Waals surface area contributed by atoms with Crippen LogP contribution in [0.4, 0.5) is 0 Å². The molecule has 1 saturated carbocycles. The molecule has 0 radical (unpaired) electrons. The van der Waals surface area contributed by atoms with Crippen molar-refractivity contribution in [1.29, 1.82) is 0 Å². The summed E-state index contributed by atoms with van der Waals surface area (Å²) in [7, 11) is -3.11. The van der Waals surface area contributed by atoms with Gasteiger partial charge in [0, 0.05) is 16.7 Å². The molecule has 0 heterocycles. The molecule has 0 aliphatic heterocycles. The number of sulfonamides is 1. The van der Waals surface area contributed by atoms with Crippen LogP contribution >= 0.6 is 11.8 Å². The highest BCUT2D eigenvalue weighted by atomic mass is 32.2. The second-order valence-corrected chi connectivity index (χ2v) is 8.61. The van der Waals surface area contributed by atoms with E-state index in [4.69, 9.17) is 0 Å². The van der Waals surface area contributed by atoms with Crippen molar-refractivity contribution in [2.45, 2.75) is 55.7 Å². The van der Waals surface area contributed by atoms with Gasteiger partial charge in [-0.1, -0.05) is 31.9 Å². The van der Waals surface area contributed by atoms with Gasteiger partial charge in [0.15, 0.2) is 0 Å². The molecule has 20 heavy (non-hydrogen) atoms. The Morgan fingerprint density at radius 1 is 1.20 bits per heavy atom. The topological polar surface area (TPSA) is 46.2 Å². The van der Waals surface area contributed by atoms with Crippen LogP contribution in [0.1, 0.15) is 44.6 Å². The maximum Gasteiger partial charge on any atom is 0.211 e. The number of hydrogen-bond acceptors (Lipinski definition) is 3. The Morgan fingerprint density at radius 2 is 1.85 bits per heavy atom. The van der Waals surface area contributed by atoms with Crippen LogP contribution in [0.5, 0.6) is 0 Å². The summed E-state index contributed by atoms with van der Waals surface area (Å²) in [4.78, 5) is 1.29. The van der Waals surface area contributed by atoms with E-state index in [1.807, 2.05) is 30.8 Å². The van der Waals surface area contributed by atoms with Crippen LogP contribution in [-0.2, 0) is 16.6 Å². The lowest BCUT2D eigenvalue weighted by atomic mass is 10.2. The third kappa shape index (κ3) is 5.11.